The van der Waals surface area contributed by atoms with Crippen molar-refractivity contribution in [2.45, 2.75) is 46.0 Å². The zero-order valence-corrected chi connectivity index (χ0v) is 11.7. The lowest BCUT2D eigenvalue weighted by molar-refractivity contribution is 0.557. The number of hydrogen-bond donors (Lipinski definition) is 1. The molecule has 94 valence electrons. The lowest BCUT2D eigenvalue weighted by Crippen LogP contribution is -2.11. The first-order valence-corrected chi connectivity index (χ1v) is 6.59. The third-order valence-corrected chi connectivity index (χ3v) is 4.42. The Bertz CT molecular complexity index is 412. The minimum atomic E-state index is 0.229. The number of hydrogen-bond acceptors (Lipinski definition) is 1. The highest BCUT2D eigenvalue weighted by Gasteiger charge is 2.57. The molecule has 17 heavy (non-hydrogen) atoms. The summed E-state index contributed by atoms with van der Waals surface area (Å²) < 4.78 is 0. The van der Waals surface area contributed by atoms with E-state index in [1.165, 1.54) is 11.1 Å². The first-order valence-electron chi connectivity index (χ1n) is 6.59. The van der Waals surface area contributed by atoms with Crippen molar-refractivity contribution in [1.82, 2.24) is 0 Å². The number of benzene rings is 1. The van der Waals surface area contributed by atoms with Gasteiger partial charge >= 0.3 is 0 Å². The Morgan fingerprint density at radius 3 is 2.35 bits per heavy atom. The van der Waals surface area contributed by atoms with Crippen LogP contribution in [0.2, 0.25) is 0 Å². The second-order valence-corrected chi connectivity index (χ2v) is 7.02. The normalized spacial score (nSPS) is 26.9. The molecular formula is C16H25N. The zero-order valence-electron chi connectivity index (χ0n) is 11.7. The summed E-state index contributed by atoms with van der Waals surface area (Å²) in [7, 11) is 0. The summed E-state index contributed by atoms with van der Waals surface area (Å²) in [4.78, 5) is 0. The van der Waals surface area contributed by atoms with Gasteiger partial charge in [0.2, 0.25) is 0 Å². The third-order valence-electron chi connectivity index (χ3n) is 4.42. The van der Waals surface area contributed by atoms with E-state index in [9.17, 15) is 0 Å². The van der Waals surface area contributed by atoms with Crippen LogP contribution in [-0.2, 0) is 5.41 Å². The molecule has 2 atom stereocenters. The molecule has 2 N–H and O–H groups in total. The maximum atomic E-state index is 5.86. The number of rotatable bonds is 2. The highest BCUT2D eigenvalue weighted by atomic mass is 14.7. The fourth-order valence-corrected chi connectivity index (χ4v) is 3.04. The van der Waals surface area contributed by atoms with Gasteiger partial charge in [-0.2, -0.15) is 0 Å². The Morgan fingerprint density at radius 2 is 1.88 bits per heavy atom. The number of nitrogens with two attached hydrogens (primary N) is 1. The maximum Gasteiger partial charge on any atom is -0.00375 e. The van der Waals surface area contributed by atoms with Gasteiger partial charge in [0.05, 0.1) is 0 Å². The molecular weight excluding hydrogens is 206 g/mol. The molecule has 2 unspecified atom stereocenters. The molecule has 0 bridgehead atoms. The van der Waals surface area contributed by atoms with Crippen LogP contribution in [0.4, 0.5) is 0 Å². The van der Waals surface area contributed by atoms with E-state index in [2.05, 4.69) is 58.9 Å². The fraction of sp³-hybridized carbons (Fsp3) is 0.625. The average molecular weight is 231 g/mol. The van der Waals surface area contributed by atoms with Gasteiger partial charge in [-0.05, 0) is 40.3 Å². The lowest BCUT2D eigenvalue weighted by Gasteiger charge is -2.20. The van der Waals surface area contributed by atoms with Crippen molar-refractivity contribution in [1.29, 1.82) is 0 Å². The van der Waals surface area contributed by atoms with E-state index >= 15 is 0 Å². The zero-order chi connectivity index (χ0) is 12.8. The summed E-state index contributed by atoms with van der Waals surface area (Å²) >= 11 is 0. The molecule has 1 aliphatic rings. The van der Waals surface area contributed by atoms with E-state index in [1.54, 1.807) is 0 Å². The van der Waals surface area contributed by atoms with Crippen molar-refractivity contribution in [2.75, 3.05) is 6.54 Å². The van der Waals surface area contributed by atoms with E-state index in [0.29, 0.717) is 17.3 Å². The van der Waals surface area contributed by atoms with Crippen LogP contribution in [0.1, 0.15) is 51.7 Å². The van der Waals surface area contributed by atoms with Crippen LogP contribution in [-0.4, -0.2) is 6.54 Å². The first kappa shape index (κ1) is 12.6. The minimum Gasteiger partial charge on any atom is -0.330 e. The summed E-state index contributed by atoms with van der Waals surface area (Å²) in [5.41, 5.74) is 9.37. The SMILES string of the molecule is CC(C)(C)c1cccc(C2C(CN)C2(C)C)c1. The van der Waals surface area contributed by atoms with E-state index in [4.69, 9.17) is 5.73 Å². The van der Waals surface area contributed by atoms with Crippen LogP contribution >= 0.6 is 0 Å². The predicted molar refractivity (Wildman–Crippen MR) is 74.2 cm³/mol. The maximum absolute atomic E-state index is 5.86. The van der Waals surface area contributed by atoms with Crippen molar-refractivity contribution < 1.29 is 0 Å². The Kier molecular flexibility index (Phi) is 2.86. The molecule has 1 saturated carbocycles. The monoisotopic (exact) mass is 231 g/mol. The first-order chi connectivity index (χ1) is 7.78. The summed E-state index contributed by atoms with van der Waals surface area (Å²) in [6.45, 7) is 12.3. The molecule has 0 aliphatic heterocycles. The van der Waals surface area contributed by atoms with E-state index < -0.39 is 0 Å². The van der Waals surface area contributed by atoms with Gasteiger partial charge in [0.1, 0.15) is 0 Å². The summed E-state index contributed by atoms with van der Waals surface area (Å²) in [6.07, 6.45) is 0. The van der Waals surface area contributed by atoms with Crippen LogP contribution in [0, 0.1) is 11.3 Å². The van der Waals surface area contributed by atoms with Crippen LogP contribution in [0.15, 0.2) is 24.3 Å². The van der Waals surface area contributed by atoms with Crippen LogP contribution in [0.5, 0.6) is 0 Å². The predicted octanol–water partition coefficient (Wildman–Crippen LogP) is 3.68. The standard InChI is InChI=1S/C16H25N/c1-15(2,3)12-8-6-7-11(9-12)14-13(10-17)16(14,4)5/h6-9,13-14H,10,17H2,1-5H3. The van der Waals surface area contributed by atoms with E-state index in [1.807, 2.05) is 0 Å². The van der Waals surface area contributed by atoms with Crippen LogP contribution in [0.25, 0.3) is 0 Å². The Hall–Kier alpha value is -0.820. The summed E-state index contributed by atoms with van der Waals surface area (Å²) in [5.74, 6) is 1.30. The van der Waals surface area contributed by atoms with Gasteiger partial charge in [-0.3, -0.25) is 0 Å². The van der Waals surface area contributed by atoms with Gasteiger partial charge in [-0.1, -0.05) is 58.9 Å². The minimum absolute atomic E-state index is 0.229. The molecule has 0 radical (unpaired) electrons. The Labute approximate surface area is 105 Å². The molecule has 0 amide bonds. The Balaban J connectivity index is 2.30. The highest BCUT2D eigenvalue weighted by Crippen LogP contribution is 2.63. The highest BCUT2D eigenvalue weighted by molar-refractivity contribution is 5.37. The van der Waals surface area contributed by atoms with Crippen molar-refractivity contribution in [3.8, 4) is 0 Å². The van der Waals surface area contributed by atoms with Crippen molar-refractivity contribution in [3.63, 3.8) is 0 Å². The Morgan fingerprint density at radius 1 is 1.24 bits per heavy atom. The summed E-state index contributed by atoms with van der Waals surface area (Å²) in [6, 6.07) is 9.06. The second kappa shape index (κ2) is 3.84. The largest absolute Gasteiger partial charge is 0.330 e. The van der Waals surface area contributed by atoms with Gasteiger partial charge in [-0.15, -0.1) is 0 Å². The van der Waals surface area contributed by atoms with Crippen LogP contribution < -0.4 is 5.73 Å². The second-order valence-electron chi connectivity index (χ2n) is 7.02. The molecule has 1 aromatic carbocycles. The van der Waals surface area contributed by atoms with Gasteiger partial charge in [0.15, 0.2) is 0 Å². The molecule has 1 heteroatoms. The van der Waals surface area contributed by atoms with E-state index in [0.717, 1.165) is 6.54 Å². The molecule has 0 heterocycles. The molecule has 1 aliphatic carbocycles. The van der Waals surface area contributed by atoms with E-state index in [-0.39, 0.29) is 5.41 Å². The molecule has 1 fully saturated rings. The molecule has 0 spiro atoms. The molecule has 1 nitrogen and oxygen atoms in total. The topological polar surface area (TPSA) is 26.0 Å². The summed E-state index contributed by atoms with van der Waals surface area (Å²) in [5, 5.41) is 0. The third kappa shape index (κ3) is 2.13. The molecule has 0 aromatic heterocycles. The quantitative estimate of drug-likeness (QED) is 0.825. The van der Waals surface area contributed by atoms with Crippen molar-refractivity contribution in [2.24, 2.45) is 17.1 Å². The van der Waals surface area contributed by atoms with Gasteiger partial charge in [-0.25, -0.2) is 0 Å². The molecule has 2 rings (SSSR count). The van der Waals surface area contributed by atoms with Crippen molar-refractivity contribution >= 4 is 0 Å². The fourth-order valence-electron chi connectivity index (χ4n) is 3.04. The average Bonchev–Trinajstić information content (AvgIpc) is 2.79. The molecule has 1 aromatic rings. The van der Waals surface area contributed by atoms with Gasteiger partial charge < -0.3 is 5.73 Å². The molecule has 0 saturated heterocycles. The van der Waals surface area contributed by atoms with Crippen molar-refractivity contribution in [3.05, 3.63) is 35.4 Å². The smallest absolute Gasteiger partial charge is 0.00375 e. The lowest BCUT2D eigenvalue weighted by atomic mass is 9.85. The van der Waals surface area contributed by atoms with Crippen LogP contribution in [0.3, 0.4) is 0 Å². The van der Waals surface area contributed by atoms with Gasteiger partial charge in [0, 0.05) is 0 Å². The van der Waals surface area contributed by atoms with Gasteiger partial charge in [0.25, 0.3) is 0 Å².